The molecule has 3 N–H and O–H groups in total. The van der Waals surface area contributed by atoms with Gasteiger partial charge in [-0.1, -0.05) is 0 Å². The molecule has 0 unspecified atom stereocenters. The molecule has 2 aromatic heterocycles. The van der Waals surface area contributed by atoms with Crippen LogP contribution >= 0.6 is 11.3 Å². The third-order valence-corrected chi connectivity index (χ3v) is 8.10. The van der Waals surface area contributed by atoms with Gasteiger partial charge in [-0.25, -0.2) is 9.97 Å². The van der Waals surface area contributed by atoms with Gasteiger partial charge in [0, 0.05) is 36.4 Å². The highest BCUT2D eigenvalue weighted by molar-refractivity contribution is 7.17. The summed E-state index contributed by atoms with van der Waals surface area (Å²) in [6.07, 6.45) is 8.29. The van der Waals surface area contributed by atoms with Crippen LogP contribution in [0.15, 0.2) is 12.3 Å². The fraction of sp³-hybridized carbons (Fsp3) is 0.615. The van der Waals surface area contributed by atoms with E-state index in [0.29, 0.717) is 17.1 Å². The van der Waals surface area contributed by atoms with E-state index >= 15 is 0 Å². The largest absolute Gasteiger partial charge is 0.389 e. The molecule has 2 amide bonds. The van der Waals surface area contributed by atoms with Gasteiger partial charge in [-0.2, -0.15) is 0 Å². The van der Waals surface area contributed by atoms with Crippen LogP contribution in [-0.2, 0) is 0 Å². The molecule has 1 aliphatic heterocycles. The average molecular weight is 500 g/mol. The first-order valence-corrected chi connectivity index (χ1v) is 13.3. The van der Waals surface area contributed by atoms with Crippen molar-refractivity contribution in [3.05, 3.63) is 28.5 Å². The number of hydrogen-bond donors (Lipinski definition) is 3. The molecule has 1 aliphatic carbocycles. The minimum Gasteiger partial charge on any atom is -0.389 e. The lowest BCUT2D eigenvalue weighted by Crippen LogP contribution is -2.42. The van der Waals surface area contributed by atoms with Gasteiger partial charge in [-0.15, -0.1) is 11.3 Å². The normalized spacial score (nSPS) is 19.7. The Bertz CT molecular complexity index is 1100. The standard InChI is InChI=1S/C26H37N5O3S/c1-16-13-19(30-26(5)10-8-11-26)27-14-18(16)21-20(24(33)31-12-7-6-9-17(31)2)29-23(35-21)22(32)28-15-25(3,4)34/h13-14,17,34H,6-12,15H2,1-5H3,(H,27,30)(H,28,32)/t17-/m0/s1. The SMILES string of the molecule is Cc1cc(NC2(C)CCC2)ncc1-c1sc(C(=O)NCC(C)(C)O)nc1C(=O)N1CCCC[C@@H]1C. The number of carbonyl (C=O) groups is 2. The number of thiazole rings is 1. The summed E-state index contributed by atoms with van der Waals surface area (Å²) in [7, 11) is 0. The topological polar surface area (TPSA) is 107 Å². The van der Waals surface area contributed by atoms with Crippen molar-refractivity contribution in [1.29, 1.82) is 0 Å². The van der Waals surface area contributed by atoms with Gasteiger partial charge in [0.05, 0.1) is 10.5 Å². The van der Waals surface area contributed by atoms with Gasteiger partial charge in [0.2, 0.25) is 0 Å². The molecule has 9 heteroatoms. The Hall–Kier alpha value is -2.52. The second-order valence-electron chi connectivity index (χ2n) is 11.0. The summed E-state index contributed by atoms with van der Waals surface area (Å²) in [4.78, 5) is 38.2. The van der Waals surface area contributed by atoms with Crippen LogP contribution in [0.5, 0.6) is 0 Å². The minimum absolute atomic E-state index is 0.0860. The summed E-state index contributed by atoms with van der Waals surface area (Å²) in [5.74, 6) is 0.276. The molecule has 190 valence electrons. The lowest BCUT2D eigenvalue weighted by Gasteiger charge is -2.39. The van der Waals surface area contributed by atoms with E-state index in [9.17, 15) is 14.7 Å². The molecule has 0 spiro atoms. The minimum atomic E-state index is -1.04. The first kappa shape index (κ1) is 25.6. The number of aliphatic hydroxyl groups is 1. The number of nitrogens with zero attached hydrogens (tertiary/aromatic N) is 3. The fourth-order valence-corrected chi connectivity index (χ4v) is 5.70. The quantitative estimate of drug-likeness (QED) is 0.522. The van der Waals surface area contributed by atoms with Crippen LogP contribution in [0, 0.1) is 6.92 Å². The molecule has 8 nitrogen and oxygen atoms in total. The van der Waals surface area contributed by atoms with Crippen molar-refractivity contribution in [1.82, 2.24) is 20.2 Å². The van der Waals surface area contributed by atoms with Gasteiger partial charge in [-0.05, 0) is 84.8 Å². The number of piperidine rings is 1. The van der Waals surface area contributed by atoms with E-state index in [0.717, 1.165) is 49.0 Å². The van der Waals surface area contributed by atoms with Crippen LogP contribution in [0.3, 0.4) is 0 Å². The van der Waals surface area contributed by atoms with Crippen molar-refractivity contribution >= 4 is 29.0 Å². The maximum Gasteiger partial charge on any atom is 0.280 e. The predicted molar refractivity (Wildman–Crippen MR) is 139 cm³/mol. The molecule has 0 radical (unpaired) electrons. The molecule has 2 fully saturated rings. The van der Waals surface area contributed by atoms with Crippen molar-refractivity contribution in [3.63, 3.8) is 0 Å². The van der Waals surface area contributed by atoms with Crippen LogP contribution < -0.4 is 10.6 Å². The van der Waals surface area contributed by atoms with Crippen molar-refractivity contribution < 1.29 is 14.7 Å². The van der Waals surface area contributed by atoms with Crippen LogP contribution in [0.25, 0.3) is 10.4 Å². The van der Waals surface area contributed by atoms with E-state index in [2.05, 4.69) is 34.4 Å². The smallest absolute Gasteiger partial charge is 0.280 e. The summed E-state index contributed by atoms with van der Waals surface area (Å²) in [6, 6.07) is 2.14. The maximum atomic E-state index is 13.6. The molecule has 1 saturated heterocycles. The zero-order valence-electron chi connectivity index (χ0n) is 21.4. The van der Waals surface area contributed by atoms with E-state index in [1.807, 2.05) is 17.9 Å². The lowest BCUT2D eigenvalue weighted by atomic mass is 9.78. The highest BCUT2D eigenvalue weighted by Gasteiger charge is 2.33. The monoisotopic (exact) mass is 499 g/mol. The Balaban J connectivity index is 1.68. The molecular weight excluding hydrogens is 462 g/mol. The predicted octanol–water partition coefficient (Wildman–Crippen LogP) is 4.38. The van der Waals surface area contributed by atoms with E-state index in [4.69, 9.17) is 0 Å². The molecule has 3 heterocycles. The first-order valence-electron chi connectivity index (χ1n) is 12.5. The van der Waals surface area contributed by atoms with E-state index in [1.54, 1.807) is 20.0 Å². The molecule has 1 atom stereocenters. The number of carbonyl (C=O) groups excluding carboxylic acids is 2. The number of rotatable bonds is 7. The number of hydrogen-bond acceptors (Lipinski definition) is 7. The number of pyridine rings is 1. The highest BCUT2D eigenvalue weighted by atomic mass is 32.1. The van der Waals surface area contributed by atoms with Gasteiger partial charge in [0.15, 0.2) is 5.01 Å². The Kier molecular flexibility index (Phi) is 7.20. The van der Waals surface area contributed by atoms with Gasteiger partial charge in [-0.3, -0.25) is 9.59 Å². The molecule has 1 saturated carbocycles. The van der Waals surface area contributed by atoms with Crippen LogP contribution in [-0.4, -0.2) is 62.1 Å². The molecule has 0 bridgehead atoms. The third kappa shape index (κ3) is 5.83. The van der Waals surface area contributed by atoms with Crippen molar-refractivity contribution in [2.75, 3.05) is 18.4 Å². The van der Waals surface area contributed by atoms with Crippen LogP contribution in [0.2, 0.25) is 0 Å². The van der Waals surface area contributed by atoms with Crippen molar-refractivity contribution in [2.45, 2.75) is 90.3 Å². The molecule has 35 heavy (non-hydrogen) atoms. The number of amides is 2. The lowest BCUT2D eigenvalue weighted by molar-refractivity contribution is 0.0630. The Morgan fingerprint density at radius 1 is 1.29 bits per heavy atom. The number of anilines is 1. The molecule has 0 aromatic carbocycles. The Morgan fingerprint density at radius 2 is 2.03 bits per heavy atom. The zero-order chi connectivity index (χ0) is 25.4. The summed E-state index contributed by atoms with van der Waals surface area (Å²) < 4.78 is 0. The van der Waals surface area contributed by atoms with Crippen molar-refractivity contribution in [2.24, 2.45) is 0 Å². The summed E-state index contributed by atoms with van der Waals surface area (Å²) in [5, 5.41) is 16.5. The average Bonchev–Trinajstić information content (AvgIpc) is 3.21. The number of aromatic nitrogens is 2. The second-order valence-corrected chi connectivity index (χ2v) is 12.0. The van der Waals surface area contributed by atoms with Gasteiger partial charge < -0.3 is 20.6 Å². The molecule has 2 aromatic rings. The number of likely N-dealkylation sites (tertiary alicyclic amines) is 1. The van der Waals surface area contributed by atoms with Gasteiger partial charge in [0.1, 0.15) is 11.5 Å². The molecule has 4 rings (SSSR count). The molecular formula is C26H37N5O3S. The van der Waals surface area contributed by atoms with Crippen LogP contribution in [0.1, 0.15) is 92.1 Å². The van der Waals surface area contributed by atoms with Gasteiger partial charge in [0.25, 0.3) is 11.8 Å². The number of aryl methyl sites for hydroxylation is 1. The summed E-state index contributed by atoms with van der Waals surface area (Å²) in [5.41, 5.74) is 1.12. The second kappa shape index (κ2) is 9.85. The van der Waals surface area contributed by atoms with E-state index in [1.165, 1.54) is 17.8 Å². The van der Waals surface area contributed by atoms with Crippen molar-refractivity contribution in [3.8, 4) is 10.4 Å². The third-order valence-electron chi connectivity index (χ3n) is 7.01. The molecule has 2 aliphatic rings. The van der Waals surface area contributed by atoms with E-state index < -0.39 is 11.5 Å². The van der Waals surface area contributed by atoms with Crippen LogP contribution in [0.4, 0.5) is 5.82 Å². The first-order chi connectivity index (χ1) is 16.5. The number of nitrogens with one attached hydrogen (secondary N) is 2. The zero-order valence-corrected chi connectivity index (χ0v) is 22.2. The maximum absolute atomic E-state index is 13.6. The van der Waals surface area contributed by atoms with Gasteiger partial charge >= 0.3 is 0 Å². The highest BCUT2D eigenvalue weighted by Crippen LogP contribution is 2.37. The fourth-order valence-electron chi connectivity index (χ4n) is 4.66. The summed E-state index contributed by atoms with van der Waals surface area (Å²) in [6.45, 7) is 10.3. The summed E-state index contributed by atoms with van der Waals surface area (Å²) >= 11 is 1.20. The van der Waals surface area contributed by atoms with E-state index in [-0.39, 0.29) is 29.0 Å². The Labute approximate surface area is 211 Å². The Morgan fingerprint density at radius 3 is 2.63 bits per heavy atom.